The van der Waals surface area contributed by atoms with Crippen LogP contribution in [0.25, 0.3) is 0 Å². The molecule has 34 heavy (non-hydrogen) atoms. The summed E-state index contributed by atoms with van der Waals surface area (Å²) in [5.41, 5.74) is 1.27. The summed E-state index contributed by atoms with van der Waals surface area (Å²) in [7, 11) is 1.68. The van der Waals surface area contributed by atoms with Crippen molar-refractivity contribution in [2.45, 2.75) is 70.1 Å². The minimum Gasteiger partial charge on any atom is -0.493 e. The molecule has 0 aromatic heterocycles. The molecule has 1 amide bonds. The minimum absolute atomic E-state index is 0.00747. The van der Waals surface area contributed by atoms with Crippen LogP contribution >= 0.6 is 0 Å². The van der Waals surface area contributed by atoms with Gasteiger partial charge in [0.25, 0.3) is 0 Å². The maximum Gasteiger partial charge on any atom is 0.225 e. The third-order valence-electron chi connectivity index (χ3n) is 6.81. The Morgan fingerprint density at radius 3 is 2.47 bits per heavy atom. The molecule has 2 aromatic rings. The Morgan fingerprint density at radius 2 is 1.79 bits per heavy atom. The quantitative estimate of drug-likeness (QED) is 0.623. The fourth-order valence-electron chi connectivity index (χ4n) is 5.09. The molecule has 2 aliphatic rings. The summed E-state index contributed by atoms with van der Waals surface area (Å²) in [4.78, 5) is 17.4. The molecule has 184 valence electrons. The van der Waals surface area contributed by atoms with Crippen LogP contribution in [0.4, 0.5) is 5.69 Å². The van der Waals surface area contributed by atoms with Crippen molar-refractivity contribution in [1.82, 2.24) is 4.90 Å². The molecule has 1 saturated heterocycles. The Bertz CT molecular complexity index is 951. The maximum absolute atomic E-state index is 13.1. The number of benzene rings is 2. The second kappa shape index (κ2) is 10.7. The van der Waals surface area contributed by atoms with Crippen LogP contribution in [0.1, 0.15) is 51.5 Å². The highest BCUT2D eigenvalue weighted by atomic mass is 16.5. The fourth-order valence-corrected chi connectivity index (χ4v) is 5.09. The van der Waals surface area contributed by atoms with Crippen LogP contribution in [-0.4, -0.2) is 60.4 Å². The standard InChI is InChI=1S/C28H38N2O4/c1-28(2,32)19-27(31)30-16-15-29(20-23(30)17-21-9-5-4-6-10-21)22-13-14-25(33-3)26(18-22)34-24-11-7-8-12-24/h4-6,9-10,13-14,18,23-24,32H,7-8,11-12,15-17,19-20H2,1-3H3/t23-/m0/s1. The third kappa shape index (κ3) is 6.23. The number of ether oxygens (including phenoxy) is 2. The molecule has 1 aliphatic carbocycles. The van der Waals surface area contributed by atoms with E-state index in [-0.39, 0.29) is 24.5 Å². The minimum atomic E-state index is -1.02. The Kier molecular flexibility index (Phi) is 7.67. The molecule has 0 spiro atoms. The molecule has 0 radical (unpaired) electrons. The SMILES string of the molecule is COc1ccc(N2CCN(C(=O)CC(C)(C)O)[C@@H](Cc3ccccc3)C2)cc1OC1CCCC1. The van der Waals surface area contributed by atoms with Gasteiger partial charge in [-0.3, -0.25) is 4.79 Å². The number of nitrogens with zero attached hydrogens (tertiary/aromatic N) is 2. The number of carbonyl (C=O) groups excluding carboxylic acids is 1. The molecule has 1 atom stereocenters. The average molecular weight is 467 g/mol. The molecule has 1 N–H and O–H groups in total. The highest BCUT2D eigenvalue weighted by molar-refractivity contribution is 5.78. The Balaban J connectivity index is 1.54. The number of hydrogen-bond donors (Lipinski definition) is 1. The molecule has 4 rings (SSSR count). The first-order valence-corrected chi connectivity index (χ1v) is 12.5. The Hall–Kier alpha value is -2.73. The van der Waals surface area contributed by atoms with Gasteiger partial charge in [0, 0.05) is 31.4 Å². The molecule has 0 unspecified atom stereocenters. The first-order chi connectivity index (χ1) is 16.3. The summed E-state index contributed by atoms with van der Waals surface area (Å²) in [6.45, 7) is 5.46. The maximum atomic E-state index is 13.1. The molecule has 6 nitrogen and oxygen atoms in total. The predicted molar refractivity (Wildman–Crippen MR) is 135 cm³/mol. The van der Waals surface area contributed by atoms with Crippen LogP contribution in [0.2, 0.25) is 0 Å². The molecular formula is C28H38N2O4. The van der Waals surface area contributed by atoms with Gasteiger partial charge in [-0.25, -0.2) is 0 Å². The van der Waals surface area contributed by atoms with Crippen molar-refractivity contribution in [3.8, 4) is 11.5 Å². The fraction of sp³-hybridized carbons (Fsp3) is 0.536. The van der Waals surface area contributed by atoms with E-state index in [1.807, 2.05) is 29.2 Å². The number of aliphatic hydroxyl groups is 1. The van der Waals surface area contributed by atoms with E-state index in [4.69, 9.17) is 9.47 Å². The number of piperazine rings is 1. The van der Waals surface area contributed by atoms with Gasteiger partial charge in [-0.1, -0.05) is 30.3 Å². The zero-order chi connectivity index (χ0) is 24.1. The second-order valence-electron chi connectivity index (χ2n) is 10.2. The van der Waals surface area contributed by atoms with Gasteiger partial charge in [0.2, 0.25) is 5.91 Å². The van der Waals surface area contributed by atoms with E-state index in [1.165, 1.54) is 18.4 Å². The van der Waals surface area contributed by atoms with Crippen molar-refractivity contribution < 1.29 is 19.4 Å². The molecule has 6 heteroatoms. The van der Waals surface area contributed by atoms with Crippen molar-refractivity contribution >= 4 is 11.6 Å². The van der Waals surface area contributed by atoms with E-state index in [0.717, 1.165) is 49.5 Å². The molecule has 0 bridgehead atoms. The molecular weight excluding hydrogens is 428 g/mol. The zero-order valence-corrected chi connectivity index (χ0v) is 20.7. The van der Waals surface area contributed by atoms with E-state index in [2.05, 4.69) is 29.2 Å². The molecule has 1 heterocycles. The number of rotatable bonds is 8. The van der Waals surface area contributed by atoms with Crippen molar-refractivity contribution in [1.29, 1.82) is 0 Å². The van der Waals surface area contributed by atoms with Crippen molar-refractivity contribution in [3.05, 3.63) is 54.1 Å². The number of anilines is 1. The van der Waals surface area contributed by atoms with Gasteiger partial charge in [0.05, 0.1) is 31.3 Å². The lowest BCUT2D eigenvalue weighted by Gasteiger charge is -2.43. The smallest absolute Gasteiger partial charge is 0.225 e. The predicted octanol–water partition coefficient (Wildman–Crippen LogP) is 4.44. The lowest BCUT2D eigenvalue weighted by molar-refractivity contribution is -0.138. The number of carbonyl (C=O) groups is 1. The summed E-state index contributed by atoms with van der Waals surface area (Å²) in [5.74, 6) is 1.57. The molecule has 2 aromatic carbocycles. The third-order valence-corrected chi connectivity index (χ3v) is 6.81. The van der Waals surface area contributed by atoms with Crippen LogP contribution in [0, 0.1) is 0 Å². The largest absolute Gasteiger partial charge is 0.493 e. The van der Waals surface area contributed by atoms with Gasteiger partial charge >= 0.3 is 0 Å². The Labute approximate surface area is 203 Å². The van der Waals surface area contributed by atoms with Gasteiger partial charge < -0.3 is 24.4 Å². The zero-order valence-electron chi connectivity index (χ0n) is 20.7. The number of methoxy groups -OCH3 is 1. The van der Waals surface area contributed by atoms with Gasteiger partial charge in [-0.2, -0.15) is 0 Å². The van der Waals surface area contributed by atoms with Crippen molar-refractivity contribution in [2.75, 3.05) is 31.6 Å². The van der Waals surface area contributed by atoms with Crippen LogP contribution in [0.3, 0.4) is 0 Å². The van der Waals surface area contributed by atoms with Gasteiger partial charge in [-0.15, -0.1) is 0 Å². The van der Waals surface area contributed by atoms with E-state index < -0.39 is 5.60 Å². The number of hydrogen-bond acceptors (Lipinski definition) is 5. The average Bonchev–Trinajstić information content (AvgIpc) is 3.31. The molecule has 1 saturated carbocycles. The summed E-state index contributed by atoms with van der Waals surface area (Å²) in [6, 6.07) is 16.5. The summed E-state index contributed by atoms with van der Waals surface area (Å²) in [5, 5.41) is 10.2. The van der Waals surface area contributed by atoms with Crippen molar-refractivity contribution in [2.24, 2.45) is 0 Å². The van der Waals surface area contributed by atoms with Crippen LogP contribution in [-0.2, 0) is 11.2 Å². The van der Waals surface area contributed by atoms with Crippen LogP contribution in [0.15, 0.2) is 48.5 Å². The summed E-state index contributed by atoms with van der Waals surface area (Å²) >= 11 is 0. The van der Waals surface area contributed by atoms with E-state index in [9.17, 15) is 9.90 Å². The van der Waals surface area contributed by atoms with Crippen molar-refractivity contribution in [3.63, 3.8) is 0 Å². The van der Waals surface area contributed by atoms with E-state index >= 15 is 0 Å². The number of amides is 1. The lowest BCUT2D eigenvalue weighted by atomic mass is 9.98. The first-order valence-electron chi connectivity index (χ1n) is 12.5. The molecule has 1 aliphatic heterocycles. The Morgan fingerprint density at radius 1 is 1.06 bits per heavy atom. The monoisotopic (exact) mass is 466 g/mol. The van der Waals surface area contributed by atoms with Gasteiger partial charge in [0.15, 0.2) is 11.5 Å². The first kappa shape index (κ1) is 24.4. The van der Waals surface area contributed by atoms with Crippen LogP contribution < -0.4 is 14.4 Å². The van der Waals surface area contributed by atoms with Gasteiger partial charge in [0.1, 0.15) is 0 Å². The topological polar surface area (TPSA) is 62.2 Å². The lowest BCUT2D eigenvalue weighted by Crippen LogP contribution is -2.57. The summed E-state index contributed by atoms with van der Waals surface area (Å²) < 4.78 is 11.9. The van der Waals surface area contributed by atoms with Gasteiger partial charge in [-0.05, 0) is 63.6 Å². The van der Waals surface area contributed by atoms with E-state index in [1.54, 1.807) is 21.0 Å². The molecule has 2 fully saturated rings. The van der Waals surface area contributed by atoms with E-state index in [0.29, 0.717) is 6.54 Å². The highest BCUT2D eigenvalue weighted by Gasteiger charge is 2.33. The van der Waals surface area contributed by atoms with Crippen LogP contribution in [0.5, 0.6) is 11.5 Å². The second-order valence-corrected chi connectivity index (χ2v) is 10.2. The highest BCUT2D eigenvalue weighted by Crippen LogP contribution is 2.36. The summed E-state index contributed by atoms with van der Waals surface area (Å²) in [6.07, 6.45) is 5.77. The normalized spacial score (nSPS) is 19.4.